The normalized spacial score (nSPS) is 14.6. The van der Waals surface area contributed by atoms with Gasteiger partial charge in [0, 0.05) is 31.0 Å². The average molecular weight is 299 g/mol. The highest BCUT2D eigenvalue weighted by molar-refractivity contribution is 5.81. The highest BCUT2D eigenvalue weighted by Crippen LogP contribution is 2.39. The van der Waals surface area contributed by atoms with E-state index in [0.717, 1.165) is 35.6 Å². The van der Waals surface area contributed by atoms with Crippen LogP contribution in [0.4, 0.5) is 0 Å². The second-order valence-electron chi connectivity index (χ2n) is 5.71. The number of methoxy groups -OCH3 is 2. The van der Waals surface area contributed by atoms with Gasteiger partial charge in [-0.1, -0.05) is 6.42 Å². The molecule has 1 fully saturated rings. The van der Waals surface area contributed by atoms with Crippen molar-refractivity contribution in [2.24, 2.45) is 0 Å². The summed E-state index contributed by atoms with van der Waals surface area (Å²) in [5.41, 5.74) is 2.01. The Balaban J connectivity index is 2.07. The van der Waals surface area contributed by atoms with Crippen LogP contribution in [0, 0.1) is 11.3 Å². The molecule has 1 aromatic heterocycles. The maximum Gasteiger partial charge on any atom is 0.163 e. The maximum atomic E-state index is 8.78. The number of ether oxygens (including phenoxy) is 2. The molecule has 5 heteroatoms. The van der Waals surface area contributed by atoms with E-state index in [9.17, 15) is 0 Å². The Morgan fingerprint density at radius 2 is 2.00 bits per heavy atom. The largest absolute Gasteiger partial charge is 0.493 e. The lowest BCUT2D eigenvalue weighted by Gasteiger charge is -2.25. The summed E-state index contributed by atoms with van der Waals surface area (Å²) in [7, 11) is 3.29. The van der Waals surface area contributed by atoms with Crippen molar-refractivity contribution in [3.63, 3.8) is 0 Å². The van der Waals surface area contributed by atoms with E-state index < -0.39 is 0 Å². The summed E-state index contributed by atoms with van der Waals surface area (Å²) in [6.45, 7) is 0.825. The third-order valence-electron chi connectivity index (χ3n) is 4.42. The van der Waals surface area contributed by atoms with E-state index in [4.69, 9.17) is 19.7 Å². The first-order valence-corrected chi connectivity index (χ1v) is 7.77. The van der Waals surface area contributed by atoms with Gasteiger partial charge in [-0.3, -0.25) is 0 Å². The first kappa shape index (κ1) is 14.7. The van der Waals surface area contributed by atoms with Crippen molar-refractivity contribution in [1.29, 1.82) is 5.26 Å². The Kier molecular flexibility index (Phi) is 4.19. The van der Waals surface area contributed by atoms with Crippen molar-refractivity contribution >= 4 is 11.0 Å². The minimum Gasteiger partial charge on any atom is -0.493 e. The fourth-order valence-corrected chi connectivity index (χ4v) is 3.00. The fourth-order valence-electron chi connectivity index (χ4n) is 3.00. The summed E-state index contributed by atoms with van der Waals surface area (Å²) in [6.07, 6.45) is 5.09. The molecule has 0 aliphatic heterocycles. The molecule has 1 aliphatic rings. The molecule has 5 nitrogen and oxygen atoms in total. The number of hydrogen-bond donors (Lipinski definition) is 0. The van der Waals surface area contributed by atoms with Crippen LogP contribution >= 0.6 is 0 Å². The van der Waals surface area contributed by atoms with Gasteiger partial charge in [-0.15, -0.1) is 0 Å². The maximum absolute atomic E-state index is 8.78. The lowest BCUT2D eigenvalue weighted by molar-refractivity contribution is 0.355. The zero-order chi connectivity index (χ0) is 15.5. The third-order valence-corrected chi connectivity index (χ3v) is 4.42. The van der Waals surface area contributed by atoms with Crippen LogP contribution in [0.15, 0.2) is 12.1 Å². The Morgan fingerprint density at radius 3 is 2.59 bits per heavy atom. The highest BCUT2D eigenvalue weighted by atomic mass is 16.5. The number of rotatable bonds is 6. The number of imidazole rings is 1. The van der Waals surface area contributed by atoms with Crippen molar-refractivity contribution in [2.75, 3.05) is 14.2 Å². The summed E-state index contributed by atoms with van der Waals surface area (Å²) in [5.74, 6) is 3.12. The van der Waals surface area contributed by atoms with E-state index in [1.165, 1.54) is 19.3 Å². The van der Waals surface area contributed by atoms with Crippen LogP contribution in [0.1, 0.15) is 43.8 Å². The van der Waals surface area contributed by atoms with Gasteiger partial charge < -0.3 is 14.0 Å². The summed E-state index contributed by atoms with van der Waals surface area (Å²) in [6, 6.07) is 6.15. The van der Waals surface area contributed by atoms with E-state index in [1.807, 2.05) is 12.1 Å². The summed E-state index contributed by atoms with van der Waals surface area (Å²) in [5, 5.41) is 8.78. The quantitative estimate of drug-likeness (QED) is 0.764. The van der Waals surface area contributed by atoms with Crippen molar-refractivity contribution < 1.29 is 9.47 Å². The number of fused-ring (bicyclic) bond motifs is 1. The molecule has 0 atom stereocenters. The van der Waals surface area contributed by atoms with E-state index in [-0.39, 0.29) is 0 Å². The Morgan fingerprint density at radius 1 is 1.27 bits per heavy atom. The zero-order valence-corrected chi connectivity index (χ0v) is 13.1. The van der Waals surface area contributed by atoms with Crippen molar-refractivity contribution in [2.45, 2.75) is 44.6 Å². The molecule has 0 amide bonds. The monoisotopic (exact) mass is 299 g/mol. The van der Waals surface area contributed by atoms with Gasteiger partial charge in [0.1, 0.15) is 5.82 Å². The number of benzene rings is 1. The van der Waals surface area contributed by atoms with Crippen LogP contribution in [-0.2, 0) is 6.54 Å². The van der Waals surface area contributed by atoms with Crippen LogP contribution in [0.3, 0.4) is 0 Å². The lowest BCUT2D eigenvalue weighted by Crippen LogP contribution is -2.15. The van der Waals surface area contributed by atoms with Gasteiger partial charge in [0.25, 0.3) is 0 Å². The molecule has 0 saturated heterocycles. The first-order chi connectivity index (χ1) is 10.8. The minimum absolute atomic E-state index is 0.548. The van der Waals surface area contributed by atoms with Gasteiger partial charge >= 0.3 is 0 Å². The van der Waals surface area contributed by atoms with Crippen LogP contribution in [-0.4, -0.2) is 23.8 Å². The fraction of sp³-hybridized carbons (Fsp3) is 0.529. The van der Waals surface area contributed by atoms with E-state index >= 15 is 0 Å². The second-order valence-corrected chi connectivity index (χ2v) is 5.71. The second kappa shape index (κ2) is 6.27. The summed E-state index contributed by atoms with van der Waals surface area (Å²) >= 11 is 0. The number of hydrogen-bond acceptors (Lipinski definition) is 4. The molecule has 0 spiro atoms. The molecule has 1 aromatic carbocycles. The van der Waals surface area contributed by atoms with Crippen LogP contribution < -0.4 is 9.47 Å². The number of aromatic nitrogens is 2. The van der Waals surface area contributed by atoms with Gasteiger partial charge in [-0.2, -0.15) is 5.26 Å². The molecule has 1 aliphatic carbocycles. The molecule has 1 saturated carbocycles. The SMILES string of the molecule is COc1cc2nc(C3CCC3)n(CCCC#N)c2cc1OC. The van der Waals surface area contributed by atoms with Crippen molar-refractivity contribution in [3.05, 3.63) is 18.0 Å². The molecule has 0 bridgehead atoms. The van der Waals surface area contributed by atoms with Gasteiger partial charge in [0.15, 0.2) is 11.5 Å². The molecule has 0 radical (unpaired) electrons. The molecule has 0 unspecified atom stereocenters. The molecular formula is C17H21N3O2. The molecule has 116 valence electrons. The molecule has 0 N–H and O–H groups in total. The lowest BCUT2D eigenvalue weighted by atomic mass is 9.85. The van der Waals surface area contributed by atoms with Crippen molar-refractivity contribution in [3.8, 4) is 17.6 Å². The standard InChI is InChI=1S/C17H21N3O2/c1-21-15-10-13-14(11-16(15)22-2)20(9-4-3-8-18)17(19-13)12-6-5-7-12/h10-12H,3-7,9H2,1-2H3. The smallest absolute Gasteiger partial charge is 0.163 e. The number of nitriles is 1. The summed E-state index contributed by atoms with van der Waals surface area (Å²) < 4.78 is 13.1. The molecule has 1 heterocycles. The average Bonchev–Trinajstić information content (AvgIpc) is 2.82. The van der Waals surface area contributed by atoms with Crippen molar-refractivity contribution in [1.82, 2.24) is 9.55 Å². The first-order valence-electron chi connectivity index (χ1n) is 7.77. The van der Waals surface area contributed by atoms with Crippen LogP contribution in [0.2, 0.25) is 0 Å². The molecule has 2 aromatic rings. The van der Waals surface area contributed by atoms with E-state index in [1.54, 1.807) is 14.2 Å². The number of unbranched alkanes of at least 4 members (excludes halogenated alkanes) is 1. The Labute approximate surface area is 130 Å². The zero-order valence-electron chi connectivity index (χ0n) is 13.1. The minimum atomic E-state index is 0.548. The van der Waals surface area contributed by atoms with Gasteiger partial charge in [0.2, 0.25) is 0 Å². The number of aryl methyl sites for hydroxylation is 1. The third kappa shape index (κ3) is 2.50. The molecule has 3 rings (SSSR count). The topological polar surface area (TPSA) is 60.1 Å². The van der Waals surface area contributed by atoms with E-state index in [2.05, 4.69) is 10.6 Å². The Hall–Kier alpha value is -2.22. The van der Waals surface area contributed by atoms with E-state index in [0.29, 0.717) is 18.1 Å². The van der Waals surface area contributed by atoms with Gasteiger partial charge in [-0.05, 0) is 19.3 Å². The Bertz CT molecular complexity index is 711. The molecular weight excluding hydrogens is 278 g/mol. The van der Waals surface area contributed by atoms with Gasteiger partial charge in [0.05, 0.1) is 31.3 Å². The predicted octanol–water partition coefficient (Wildman–Crippen LogP) is 3.62. The van der Waals surface area contributed by atoms with Gasteiger partial charge in [-0.25, -0.2) is 4.98 Å². The highest BCUT2D eigenvalue weighted by Gasteiger charge is 2.26. The van der Waals surface area contributed by atoms with Crippen LogP contribution in [0.5, 0.6) is 11.5 Å². The predicted molar refractivity (Wildman–Crippen MR) is 84.3 cm³/mol. The number of nitrogens with zero attached hydrogens (tertiary/aromatic N) is 3. The van der Waals surface area contributed by atoms with Crippen LogP contribution in [0.25, 0.3) is 11.0 Å². The molecule has 22 heavy (non-hydrogen) atoms. The summed E-state index contributed by atoms with van der Waals surface area (Å²) in [4.78, 5) is 4.84.